The Morgan fingerprint density at radius 3 is 2.71 bits per heavy atom. The minimum atomic E-state index is -0.233. The summed E-state index contributed by atoms with van der Waals surface area (Å²) in [6, 6.07) is 0. The van der Waals surface area contributed by atoms with E-state index in [2.05, 4.69) is 12.2 Å². The molecule has 0 aromatic heterocycles. The summed E-state index contributed by atoms with van der Waals surface area (Å²) < 4.78 is 5.21. The van der Waals surface area contributed by atoms with E-state index in [1.54, 1.807) is 7.11 Å². The van der Waals surface area contributed by atoms with Gasteiger partial charge in [0.15, 0.2) is 0 Å². The van der Waals surface area contributed by atoms with E-state index in [-0.39, 0.29) is 11.4 Å². The average molecular weight is 200 g/mol. The highest BCUT2D eigenvalue weighted by Crippen LogP contribution is 2.36. The van der Waals surface area contributed by atoms with Crippen LogP contribution in [0.3, 0.4) is 0 Å². The Kier molecular flexibility index (Phi) is 3.89. The minimum Gasteiger partial charge on any atom is -0.381 e. The maximum atomic E-state index is 10.9. The average Bonchev–Trinajstić information content (AvgIpc) is 2.07. The molecule has 0 heterocycles. The number of carbonyl (C=O) groups excluding carboxylic acids is 1. The third-order valence-electron chi connectivity index (χ3n) is 2.83. The molecule has 0 radical (unpaired) electrons. The Labute approximate surface area is 85.2 Å². The van der Waals surface area contributed by atoms with Crippen LogP contribution in [0.1, 0.15) is 32.6 Å². The van der Waals surface area contributed by atoms with Gasteiger partial charge in [-0.1, -0.05) is 6.92 Å². The smallest absolute Gasteiger partial charge is 0.219 e. The van der Waals surface area contributed by atoms with Crippen LogP contribution in [-0.4, -0.2) is 31.2 Å². The number of hydrogen-bond donors (Lipinski definition) is 2. The topological polar surface area (TPSA) is 64.3 Å². The summed E-state index contributed by atoms with van der Waals surface area (Å²) in [5, 5.41) is 3.40. The van der Waals surface area contributed by atoms with Gasteiger partial charge < -0.3 is 15.8 Å². The van der Waals surface area contributed by atoms with Gasteiger partial charge in [-0.25, -0.2) is 0 Å². The largest absolute Gasteiger partial charge is 0.381 e. The second-order valence-electron chi connectivity index (χ2n) is 4.12. The molecule has 0 aliphatic heterocycles. The molecule has 1 saturated carbocycles. The first kappa shape index (κ1) is 11.5. The molecular weight excluding hydrogens is 180 g/mol. The van der Waals surface area contributed by atoms with Crippen LogP contribution < -0.4 is 11.1 Å². The monoisotopic (exact) mass is 200 g/mol. The summed E-state index contributed by atoms with van der Waals surface area (Å²) >= 11 is 0. The van der Waals surface area contributed by atoms with Crippen molar-refractivity contribution in [3.8, 4) is 0 Å². The van der Waals surface area contributed by atoms with E-state index < -0.39 is 0 Å². The lowest BCUT2D eigenvalue weighted by molar-refractivity contribution is -0.122. The molecule has 4 nitrogen and oxygen atoms in total. The molecule has 1 aliphatic carbocycles. The molecule has 0 aromatic carbocycles. The molecule has 0 atom stereocenters. The molecule has 1 amide bonds. The van der Waals surface area contributed by atoms with Crippen molar-refractivity contribution in [1.82, 2.24) is 5.32 Å². The summed E-state index contributed by atoms with van der Waals surface area (Å²) in [6.07, 6.45) is 3.57. The fraction of sp³-hybridized carbons (Fsp3) is 0.900. The lowest BCUT2D eigenvalue weighted by Gasteiger charge is -2.47. The standard InChI is InChI=1S/C10H20N2O2/c1-3-4-12-10(7-9(11)13)5-8(6-10)14-2/h8,12H,3-7H2,1-2H3,(H2,11,13). The zero-order valence-electron chi connectivity index (χ0n) is 9.01. The van der Waals surface area contributed by atoms with Crippen molar-refractivity contribution in [2.45, 2.75) is 44.2 Å². The third kappa shape index (κ3) is 2.69. The molecule has 82 valence electrons. The summed E-state index contributed by atoms with van der Waals surface area (Å²) in [7, 11) is 1.71. The van der Waals surface area contributed by atoms with Crippen molar-refractivity contribution in [2.24, 2.45) is 5.73 Å². The van der Waals surface area contributed by atoms with E-state index in [1.807, 2.05) is 0 Å². The number of amides is 1. The first-order chi connectivity index (χ1) is 6.62. The number of primary amides is 1. The van der Waals surface area contributed by atoms with Gasteiger partial charge >= 0.3 is 0 Å². The fourth-order valence-corrected chi connectivity index (χ4v) is 2.05. The highest BCUT2D eigenvalue weighted by molar-refractivity contribution is 5.75. The van der Waals surface area contributed by atoms with Crippen LogP contribution in [0.2, 0.25) is 0 Å². The normalized spacial score (nSPS) is 31.1. The van der Waals surface area contributed by atoms with E-state index >= 15 is 0 Å². The van der Waals surface area contributed by atoms with Crippen LogP contribution in [0.25, 0.3) is 0 Å². The Bertz CT molecular complexity index is 195. The van der Waals surface area contributed by atoms with Crippen molar-refractivity contribution in [2.75, 3.05) is 13.7 Å². The quantitative estimate of drug-likeness (QED) is 0.652. The number of methoxy groups -OCH3 is 1. The molecule has 14 heavy (non-hydrogen) atoms. The van der Waals surface area contributed by atoms with E-state index in [9.17, 15) is 4.79 Å². The molecule has 3 N–H and O–H groups in total. The number of rotatable bonds is 6. The van der Waals surface area contributed by atoms with Gasteiger partial charge in [-0.05, 0) is 25.8 Å². The maximum absolute atomic E-state index is 10.9. The van der Waals surface area contributed by atoms with Crippen LogP contribution in [0.4, 0.5) is 0 Å². The molecule has 0 saturated heterocycles. The molecule has 0 unspecified atom stereocenters. The molecule has 0 spiro atoms. The van der Waals surface area contributed by atoms with Crippen LogP contribution in [0.15, 0.2) is 0 Å². The second kappa shape index (κ2) is 4.75. The van der Waals surface area contributed by atoms with Gasteiger partial charge in [0.1, 0.15) is 0 Å². The van der Waals surface area contributed by atoms with Crippen LogP contribution >= 0.6 is 0 Å². The van der Waals surface area contributed by atoms with Gasteiger partial charge in [-0.2, -0.15) is 0 Å². The Morgan fingerprint density at radius 2 is 2.29 bits per heavy atom. The lowest BCUT2D eigenvalue weighted by Crippen LogP contribution is -2.59. The summed E-state index contributed by atoms with van der Waals surface area (Å²) in [5.41, 5.74) is 5.15. The first-order valence-electron chi connectivity index (χ1n) is 5.18. The fourth-order valence-electron chi connectivity index (χ4n) is 2.05. The van der Waals surface area contributed by atoms with Crippen molar-refractivity contribution in [1.29, 1.82) is 0 Å². The highest BCUT2D eigenvalue weighted by Gasteiger charge is 2.44. The van der Waals surface area contributed by atoms with Gasteiger partial charge in [0.05, 0.1) is 6.10 Å². The van der Waals surface area contributed by atoms with Gasteiger partial charge in [-0.15, -0.1) is 0 Å². The van der Waals surface area contributed by atoms with Crippen molar-refractivity contribution >= 4 is 5.91 Å². The Morgan fingerprint density at radius 1 is 1.64 bits per heavy atom. The zero-order valence-corrected chi connectivity index (χ0v) is 9.01. The Hall–Kier alpha value is -0.610. The molecule has 0 bridgehead atoms. The number of nitrogens with one attached hydrogen (secondary N) is 1. The zero-order chi connectivity index (χ0) is 10.6. The van der Waals surface area contributed by atoms with Crippen molar-refractivity contribution in [3.05, 3.63) is 0 Å². The van der Waals surface area contributed by atoms with Gasteiger partial charge in [0, 0.05) is 19.1 Å². The molecular formula is C10H20N2O2. The highest BCUT2D eigenvalue weighted by atomic mass is 16.5. The van der Waals surface area contributed by atoms with Crippen LogP contribution in [0, 0.1) is 0 Å². The summed E-state index contributed by atoms with van der Waals surface area (Å²) in [5.74, 6) is -0.233. The SMILES string of the molecule is CCCNC1(CC(N)=O)CC(OC)C1. The molecule has 1 rings (SSSR count). The van der Waals surface area contributed by atoms with Crippen molar-refractivity contribution in [3.63, 3.8) is 0 Å². The van der Waals surface area contributed by atoms with Crippen LogP contribution in [-0.2, 0) is 9.53 Å². The number of ether oxygens (including phenoxy) is 1. The van der Waals surface area contributed by atoms with Crippen molar-refractivity contribution < 1.29 is 9.53 Å². The molecule has 1 fully saturated rings. The predicted octanol–water partition coefficient (Wildman–Crippen LogP) is 0.409. The molecule has 1 aliphatic rings. The number of carbonyl (C=O) groups is 1. The number of nitrogens with two attached hydrogens (primary N) is 1. The second-order valence-corrected chi connectivity index (χ2v) is 4.12. The third-order valence-corrected chi connectivity index (χ3v) is 2.83. The maximum Gasteiger partial charge on any atom is 0.219 e. The first-order valence-corrected chi connectivity index (χ1v) is 5.18. The molecule has 0 aromatic rings. The Balaban J connectivity index is 2.42. The summed E-state index contributed by atoms with van der Waals surface area (Å²) in [4.78, 5) is 10.9. The van der Waals surface area contributed by atoms with Gasteiger partial charge in [0.2, 0.25) is 5.91 Å². The van der Waals surface area contributed by atoms with Gasteiger partial charge in [0.25, 0.3) is 0 Å². The number of hydrogen-bond acceptors (Lipinski definition) is 3. The minimum absolute atomic E-state index is 0.0808. The lowest BCUT2D eigenvalue weighted by atomic mass is 9.71. The molecule has 4 heteroatoms. The van der Waals surface area contributed by atoms with E-state index in [4.69, 9.17) is 10.5 Å². The van der Waals surface area contributed by atoms with Crippen LogP contribution in [0.5, 0.6) is 0 Å². The van der Waals surface area contributed by atoms with Gasteiger partial charge in [-0.3, -0.25) is 4.79 Å². The predicted molar refractivity (Wildman–Crippen MR) is 54.9 cm³/mol. The summed E-state index contributed by atoms with van der Waals surface area (Å²) in [6.45, 7) is 3.04. The van der Waals surface area contributed by atoms with E-state index in [0.717, 1.165) is 25.8 Å². The van der Waals surface area contributed by atoms with E-state index in [0.29, 0.717) is 12.5 Å². The van der Waals surface area contributed by atoms with E-state index in [1.165, 1.54) is 0 Å².